The molecular formula is C18H17FN2O2S. The molecule has 0 radical (unpaired) electrons. The third kappa shape index (κ3) is 3.94. The molecule has 4 nitrogen and oxygen atoms in total. The number of rotatable bonds is 5. The van der Waals surface area contributed by atoms with Gasteiger partial charge in [-0.15, -0.1) is 11.8 Å². The molecule has 124 valence electrons. The number of thioether (sulfide) groups is 1. The van der Waals surface area contributed by atoms with Crippen molar-refractivity contribution in [2.75, 3.05) is 18.8 Å². The zero-order valence-corrected chi connectivity index (χ0v) is 13.8. The van der Waals surface area contributed by atoms with Crippen LogP contribution in [-0.2, 0) is 11.3 Å². The smallest absolute Gasteiger partial charge is 0.318 e. The third-order valence-electron chi connectivity index (χ3n) is 3.79. The summed E-state index contributed by atoms with van der Waals surface area (Å²) < 4.78 is 12.9. The van der Waals surface area contributed by atoms with Crippen molar-refractivity contribution in [3.05, 3.63) is 66.0 Å². The number of amides is 3. The van der Waals surface area contributed by atoms with E-state index in [0.29, 0.717) is 19.6 Å². The van der Waals surface area contributed by atoms with Crippen molar-refractivity contribution in [1.29, 1.82) is 0 Å². The minimum absolute atomic E-state index is 0.163. The lowest BCUT2D eigenvalue weighted by Gasteiger charge is -2.17. The summed E-state index contributed by atoms with van der Waals surface area (Å²) >= 11 is 1.30. The van der Waals surface area contributed by atoms with Crippen molar-refractivity contribution in [2.45, 2.75) is 11.4 Å². The molecule has 0 N–H and O–H groups in total. The Kier molecular flexibility index (Phi) is 5.15. The molecular weight excluding hydrogens is 327 g/mol. The van der Waals surface area contributed by atoms with Crippen molar-refractivity contribution < 1.29 is 14.0 Å². The van der Waals surface area contributed by atoms with Crippen LogP contribution in [0.1, 0.15) is 5.56 Å². The van der Waals surface area contributed by atoms with Gasteiger partial charge < -0.3 is 4.90 Å². The van der Waals surface area contributed by atoms with Crippen LogP contribution in [0.25, 0.3) is 0 Å². The summed E-state index contributed by atoms with van der Waals surface area (Å²) in [6.45, 7) is 1.46. The highest BCUT2D eigenvalue weighted by molar-refractivity contribution is 8.00. The fourth-order valence-electron chi connectivity index (χ4n) is 2.52. The van der Waals surface area contributed by atoms with Gasteiger partial charge in [0, 0.05) is 24.5 Å². The van der Waals surface area contributed by atoms with Gasteiger partial charge in [0.05, 0.1) is 5.75 Å². The van der Waals surface area contributed by atoms with Crippen LogP contribution in [0.4, 0.5) is 9.18 Å². The first kappa shape index (κ1) is 16.5. The highest BCUT2D eigenvalue weighted by atomic mass is 32.2. The van der Waals surface area contributed by atoms with Crippen LogP contribution in [0.5, 0.6) is 0 Å². The Morgan fingerprint density at radius 2 is 1.75 bits per heavy atom. The minimum Gasteiger partial charge on any atom is -0.318 e. The first-order chi connectivity index (χ1) is 11.6. The maximum Gasteiger partial charge on any atom is 0.327 e. The maximum atomic E-state index is 12.9. The van der Waals surface area contributed by atoms with E-state index in [-0.39, 0.29) is 23.5 Å². The Hall–Kier alpha value is -2.34. The fourth-order valence-corrected chi connectivity index (χ4v) is 3.29. The Bertz CT molecular complexity index is 722. The lowest BCUT2D eigenvalue weighted by atomic mass is 10.2. The molecule has 3 rings (SSSR count). The van der Waals surface area contributed by atoms with Crippen LogP contribution in [0.3, 0.4) is 0 Å². The predicted octanol–water partition coefficient (Wildman–Crippen LogP) is 3.38. The SMILES string of the molecule is O=C(CSc1ccc(F)cc1)N1CCN(Cc2ccccc2)C1=O. The molecule has 1 aliphatic heterocycles. The number of carbonyl (C=O) groups excluding carboxylic acids is 2. The maximum absolute atomic E-state index is 12.9. The number of halogens is 1. The molecule has 1 saturated heterocycles. The molecule has 1 aliphatic rings. The van der Waals surface area contributed by atoms with E-state index in [1.807, 2.05) is 30.3 Å². The molecule has 6 heteroatoms. The van der Waals surface area contributed by atoms with E-state index in [9.17, 15) is 14.0 Å². The van der Waals surface area contributed by atoms with E-state index < -0.39 is 0 Å². The van der Waals surface area contributed by atoms with Crippen LogP contribution in [-0.4, -0.2) is 40.6 Å². The molecule has 1 heterocycles. The van der Waals surface area contributed by atoms with Gasteiger partial charge in [0.1, 0.15) is 5.82 Å². The molecule has 0 saturated carbocycles. The number of hydrogen-bond acceptors (Lipinski definition) is 3. The van der Waals surface area contributed by atoms with Gasteiger partial charge in [-0.1, -0.05) is 30.3 Å². The first-order valence-electron chi connectivity index (χ1n) is 7.65. The van der Waals surface area contributed by atoms with Gasteiger partial charge in [-0.05, 0) is 29.8 Å². The van der Waals surface area contributed by atoms with Gasteiger partial charge in [0.15, 0.2) is 0 Å². The first-order valence-corrected chi connectivity index (χ1v) is 8.63. The summed E-state index contributed by atoms with van der Waals surface area (Å²) in [5.74, 6) is -0.363. The Morgan fingerprint density at radius 1 is 1.04 bits per heavy atom. The molecule has 2 aromatic rings. The molecule has 0 bridgehead atoms. The Morgan fingerprint density at radius 3 is 2.46 bits per heavy atom. The van der Waals surface area contributed by atoms with Crippen molar-refractivity contribution in [3.63, 3.8) is 0 Å². The number of benzene rings is 2. The summed E-state index contributed by atoms with van der Waals surface area (Å²) in [6.07, 6.45) is 0. The highest BCUT2D eigenvalue weighted by Crippen LogP contribution is 2.20. The normalized spacial score (nSPS) is 14.3. The van der Waals surface area contributed by atoms with Crippen molar-refractivity contribution in [1.82, 2.24) is 9.80 Å². The van der Waals surface area contributed by atoms with Crippen molar-refractivity contribution >= 4 is 23.7 Å². The molecule has 24 heavy (non-hydrogen) atoms. The van der Waals surface area contributed by atoms with E-state index in [4.69, 9.17) is 0 Å². The van der Waals surface area contributed by atoms with E-state index in [2.05, 4.69) is 0 Å². The van der Waals surface area contributed by atoms with Crippen molar-refractivity contribution in [3.8, 4) is 0 Å². The minimum atomic E-state index is -0.308. The quantitative estimate of drug-likeness (QED) is 0.781. The number of imide groups is 1. The zero-order valence-electron chi connectivity index (χ0n) is 13.0. The summed E-state index contributed by atoms with van der Waals surface area (Å²) in [5.41, 5.74) is 1.04. The molecule has 2 aromatic carbocycles. The second-order valence-corrected chi connectivity index (χ2v) is 6.53. The van der Waals surface area contributed by atoms with E-state index in [0.717, 1.165) is 10.5 Å². The van der Waals surface area contributed by atoms with E-state index in [1.165, 1.54) is 28.8 Å². The highest BCUT2D eigenvalue weighted by Gasteiger charge is 2.32. The second kappa shape index (κ2) is 7.49. The van der Waals surface area contributed by atoms with Crippen molar-refractivity contribution in [2.24, 2.45) is 0 Å². The number of urea groups is 1. The van der Waals surface area contributed by atoms with Crippen LogP contribution >= 0.6 is 11.8 Å². The molecule has 3 amide bonds. The Labute approximate surface area is 144 Å². The van der Waals surface area contributed by atoms with Gasteiger partial charge in [0.2, 0.25) is 5.91 Å². The largest absolute Gasteiger partial charge is 0.327 e. The monoisotopic (exact) mass is 344 g/mol. The standard InChI is InChI=1S/C18H17FN2O2S/c19-15-6-8-16(9-7-15)24-13-17(22)21-11-10-20(18(21)23)12-14-4-2-1-3-5-14/h1-9H,10-13H2. The lowest BCUT2D eigenvalue weighted by Crippen LogP contribution is -2.37. The fraction of sp³-hybridized carbons (Fsp3) is 0.222. The summed E-state index contributed by atoms with van der Waals surface area (Å²) in [6, 6.07) is 15.4. The summed E-state index contributed by atoms with van der Waals surface area (Å²) in [4.78, 5) is 28.4. The van der Waals surface area contributed by atoms with E-state index >= 15 is 0 Å². The molecule has 0 unspecified atom stereocenters. The molecule has 1 fully saturated rings. The van der Waals surface area contributed by atoms with Gasteiger partial charge in [-0.2, -0.15) is 0 Å². The van der Waals surface area contributed by atoms with E-state index in [1.54, 1.807) is 17.0 Å². The van der Waals surface area contributed by atoms with Gasteiger partial charge in [-0.25, -0.2) is 9.18 Å². The molecule has 0 atom stereocenters. The number of hydrogen-bond donors (Lipinski definition) is 0. The molecule has 0 aliphatic carbocycles. The summed E-state index contributed by atoms with van der Waals surface area (Å²) in [5, 5.41) is 0. The van der Waals surface area contributed by atoms with Crippen LogP contribution in [0.15, 0.2) is 59.5 Å². The topological polar surface area (TPSA) is 40.6 Å². The third-order valence-corrected chi connectivity index (χ3v) is 4.78. The summed E-state index contributed by atoms with van der Waals surface area (Å²) in [7, 11) is 0. The number of carbonyl (C=O) groups is 2. The van der Waals surface area contributed by atoms with Crippen LogP contribution < -0.4 is 0 Å². The Balaban J connectivity index is 1.54. The number of nitrogens with zero attached hydrogens (tertiary/aromatic N) is 2. The van der Waals surface area contributed by atoms with Gasteiger partial charge >= 0.3 is 6.03 Å². The van der Waals surface area contributed by atoms with Crippen LogP contribution in [0, 0.1) is 5.82 Å². The second-order valence-electron chi connectivity index (χ2n) is 5.48. The van der Waals surface area contributed by atoms with Gasteiger partial charge in [-0.3, -0.25) is 9.69 Å². The van der Waals surface area contributed by atoms with Crippen LogP contribution in [0.2, 0.25) is 0 Å². The average molecular weight is 344 g/mol. The zero-order chi connectivity index (χ0) is 16.9. The molecule has 0 aromatic heterocycles. The lowest BCUT2D eigenvalue weighted by molar-refractivity contribution is -0.124. The predicted molar refractivity (Wildman–Crippen MR) is 91.1 cm³/mol. The average Bonchev–Trinajstić information content (AvgIpc) is 2.96. The van der Waals surface area contributed by atoms with Gasteiger partial charge in [0.25, 0.3) is 0 Å². The molecule has 0 spiro atoms.